The van der Waals surface area contributed by atoms with Gasteiger partial charge in [-0.1, -0.05) is 6.92 Å². The molecule has 2 rings (SSSR count). The van der Waals surface area contributed by atoms with E-state index in [9.17, 15) is 4.39 Å². The highest BCUT2D eigenvalue weighted by Gasteiger charge is 2.17. The molecule has 0 saturated heterocycles. The zero-order chi connectivity index (χ0) is 9.26. The van der Waals surface area contributed by atoms with Crippen LogP contribution in [0.15, 0.2) is 18.2 Å². The van der Waals surface area contributed by atoms with Gasteiger partial charge in [-0.05, 0) is 24.7 Å². The lowest BCUT2D eigenvalue weighted by Gasteiger charge is -2.11. The minimum atomic E-state index is -0.217. The molecule has 3 nitrogen and oxygen atoms in total. The highest BCUT2D eigenvalue weighted by molar-refractivity contribution is 5.74. The van der Waals surface area contributed by atoms with Crippen LogP contribution in [-0.2, 0) is 0 Å². The first-order valence-corrected chi connectivity index (χ1v) is 4.35. The maximum atomic E-state index is 12.8. The Hall–Kier alpha value is -1.29. The van der Waals surface area contributed by atoms with Crippen molar-refractivity contribution >= 4 is 11.4 Å². The van der Waals surface area contributed by atoms with Crippen molar-refractivity contribution in [3.63, 3.8) is 0 Å². The number of benzene rings is 1. The van der Waals surface area contributed by atoms with Crippen molar-refractivity contribution in [2.24, 2.45) is 0 Å². The van der Waals surface area contributed by atoms with Gasteiger partial charge in [-0.25, -0.2) is 4.39 Å². The number of hydrogen-bond donors (Lipinski definition) is 3. The molecule has 3 N–H and O–H groups in total. The minimum absolute atomic E-state index is 0.0156. The molecule has 0 radical (unpaired) electrons. The van der Waals surface area contributed by atoms with Crippen LogP contribution < -0.4 is 16.0 Å². The predicted molar refractivity (Wildman–Crippen MR) is 51.1 cm³/mol. The van der Waals surface area contributed by atoms with Crippen LogP contribution in [0.25, 0.3) is 0 Å². The second-order valence-corrected chi connectivity index (χ2v) is 2.97. The molecule has 0 saturated carbocycles. The van der Waals surface area contributed by atoms with Gasteiger partial charge >= 0.3 is 0 Å². The average molecular weight is 181 g/mol. The van der Waals surface area contributed by atoms with Crippen LogP contribution in [0.1, 0.15) is 6.92 Å². The fourth-order valence-electron chi connectivity index (χ4n) is 1.42. The molecule has 70 valence electrons. The van der Waals surface area contributed by atoms with Gasteiger partial charge in [0.2, 0.25) is 0 Å². The lowest BCUT2D eigenvalue weighted by atomic mass is 10.3. The molecule has 1 unspecified atom stereocenters. The minimum Gasteiger partial charge on any atom is -0.351 e. The highest BCUT2D eigenvalue weighted by atomic mass is 19.1. The summed E-state index contributed by atoms with van der Waals surface area (Å²) in [5.74, 6) is -0.217. The second-order valence-electron chi connectivity index (χ2n) is 2.97. The van der Waals surface area contributed by atoms with Crippen LogP contribution in [-0.4, -0.2) is 12.8 Å². The third-order valence-corrected chi connectivity index (χ3v) is 1.99. The molecule has 0 aliphatic carbocycles. The summed E-state index contributed by atoms with van der Waals surface area (Å²) < 4.78 is 12.8. The summed E-state index contributed by atoms with van der Waals surface area (Å²) in [5.41, 5.74) is 1.75. The van der Waals surface area contributed by atoms with Crippen molar-refractivity contribution in [2.45, 2.75) is 13.2 Å². The van der Waals surface area contributed by atoms with E-state index >= 15 is 0 Å². The maximum Gasteiger partial charge on any atom is 0.153 e. The van der Waals surface area contributed by atoms with Crippen molar-refractivity contribution in [3.05, 3.63) is 24.0 Å². The number of nitrogens with one attached hydrogen (secondary N) is 3. The van der Waals surface area contributed by atoms with Crippen molar-refractivity contribution in [2.75, 3.05) is 17.2 Å². The monoisotopic (exact) mass is 181 g/mol. The van der Waals surface area contributed by atoms with Gasteiger partial charge < -0.3 is 10.6 Å². The summed E-state index contributed by atoms with van der Waals surface area (Å²) >= 11 is 0. The molecular formula is C9H12FN3. The van der Waals surface area contributed by atoms with Gasteiger partial charge in [-0.2, -0.15) is 0 Å². The highest BCUT2D eigenvalue weighted by Crippen LogP contribution is 2.28. The molecule has 0 bridgehead atoms. The van der Waals surface area contributed by atoms with Crippen molar-refractivity contribution in [1.82, 2.24) is 5.32 Å². The van der Waals surface area contributed by atoms with Crippen LogP contribution in [0.3, 0.4) is 0 Å². The second kappa shape index (κ2) is 3.22. The van der Waals surface area contributed by atoms with E-state index in [1.165, 1.54) is 12.1 Å². The van der Waals surface area contributed by atoms with E-state index in [-0.39, 0.29) is 12.1 Å². The van der Waals surface area contributed by atoms with Crippen molar-refractivity contribution in [1.29, 1.82) is 0 Å². The molecule has 0 amide bonds. The summed E-state index contributed by atoms with van der Waals surface area (Å²) in [4.78, 5) is 0. The standard InChI is InChI=1S/C9H12FN3/c1-2-11-9-12-7-4-3-6(10)5-8(7)13-9/h3-5,9,11-13H,2H2,1H3. The molecule has 1 aliphatic rings. The number of fused-ring (bicyclic) bond motifs is 1. The molecule has 1 aliphatic heterocycles. The Bertz CT molecular complexity index is 314. The van der Waals surface area contributed by atoms with Gasteiger partial charge in [-0.3, -0.25) is 5.32 Å². The van der Waals surface area contributed by atoms with Gasteiger partial charge in [0.1, 0.15) is 5.82 Å². The lowest BCUT2D eigenvalue weighted by Crippen LogP contribution is -2.38. The first-order chi connectivity index (χ1) is 6.29. The molecule has 1 aromatic carbocycles. The molecule has 0 aromatic heterocycles. The Morgan fingerprint density at radius 1 is 1.38 bits per heavy atom. The Balaban J connectivity index is 2.16. The molecule has 13 heavy (non-hydrogen) atoms. The normalized spacial score (nSPS) is 19.1. The van der Waals surface area contributed by atoms with Crippen molar-refractivity contribution < 1.29 is 4.39 Å². The van der Waals surface area contributed by atoms with Gasteiger partial charge in [0.15, 0.2) is 6.29 Å². The first kappa shape index (κ1) is 8.31. The van der Waals surface area contributed by atoms with Gasteiger partial charge in [-0.15, -0.1) is 0 Å². The number of halogens is 1. The summed E-state index contributed by atoms with van der Waals surface area (Å²) in [6.45, 7) is 2.88. The third-order valence-electron chi connectivity index (χ3n) is 1.99. The van der Waals surface area contributed by atoms with E-state index in [1.54, 1.807) is 6.07 Å². The summed E-state index contributed by atoms with van der Waals surface area (Å²) in [6, 6.07) is 4.66. The molecule has 1 atom stereocenters. The number of hydrogen-bond acceptors (Lipinski definition) is 3. The molecule has 1 aromatic rings. The van der Waals surface area contributed by atoms with Gasteiger partial charge in [0.25, 0.3) is 0 Å². The summed E-state index contributed by atoms with van der Waals surface area (Å²) in [7, 11) is 0. The fraction of sp³-hybridized carbons (Fsp3) is 0.333. The van der Waals surface area contributed by atoms with Crippen LogP contribution in [0, 0.1) is 5.82 Å². The van der Waals surface area contributed by atoms with E-state index in [1.807, 2.05) is 6.92 Å². The average Bonchev–Trinajstić information content (AvgIpc) is 2.46. The summed E-state index contributed by atoms with van der Waals surface area (Å²) in [5, 5.41) is 9.45. The Morgan fingerprint density at radius 3 is 2.92 bits per heavy atom. The SMILES string of the molecule is CCNC1Nc2ccc(F)cc2N1. The third kappa shape index (κ3) is 1.58. The number of anilines is 2. The van der Waals surface area contributed by atoms with Crippen LogP contribution in [0.2, 0.25) is 0 Å². The van der Waals surface area contributed by atoms with Crippen LogP contribution >= 0.6 is 0 Å². The Labute approximate surface area is 76.3 Å². The lowest BCUT2D eigenvalue weighted by molar-refractivity contribution is 0.628. The quantitative estimate of drug-likeness (QED) is 0.648. The van der Waals surface area contributed by atoms with E-state index in [2.05, 4.69) is 16.0 Å². The molecular weight excluding hydrogens is 169 g/mol. The van der Waals surface area contributed by atoms with Crippen LogP contribution in [0.5, 0.6) is 0 Å². The van der Waals surface area contributed by atoms with E-state index in [0.29, 0.717) is 0 Å². The first-order valence-electron chi connectivity index (χ1n) is 4.35. The molecule has 4 heteroatoms. The van der Waals surface area contributed by atoms with E-state index < -0.39 is 0 Å². The Kier molecular flexibility index (Phi) is 2.06. The van der Waals surface area contributed by atoms with E-state index in [0.717, 1.165) is 17.9 Å². The zero-order valence-corrected chi connectivity index (χ0v) is 7.39. The van der Waals surface area contributed by atoms with Gasteiger partial charge in [0.05, 0.1) is 11.4 Å². The molecule has 0 fully saturated rings. The topological polar surface area (TPSA) is 36.1 Å². The fourth-order valence-corrected chi connectivity index (χ4v) is 1.42. The summed E-state index contributed by atoms with van der Waals surface area (Å²) in [6.07, 6.45) is 0.0156. The van der Waals surface area contributed by atoms with E-state index in [4.69, 9.17) is 0 Å². The number of rotatable bonds is 2. The Morgan fingerprint density at radius 2 is 2.15 bits per heavy atom. The van der Waals surface area contributed by atoms with Crippen LogP contribution in [0.4, 0.5) is 15.8 Å². The predicted octanol–water partition coefficient (Wildman–Crippen LogP) is 1.56. The zero-order valence-electron chi connectivity index (χ0n) is 7.39. The molecule has 0 spiro atoms. The smallest absolute Gasteiger partial charge is 0.153 e. The van der Waals surface area contributed by atoms with Crippen molar-refractivity contribution in [3.8, 4) is 0 Å². The van der Waals surface area contributed by atoms with Gasteiger partial charge in [0, 0.05) is 0 Å². The largest absolute Gasteiger partial charge is 0.351 e. The maximum absolute atomic E-state index is 12.8. The molecule has 1 heterocycles.